The highest BCUT2D eigenvalue weighted by Gasteiger charge is 2.40. The first-order valence-corrected chi connectivity index (χ1v) is 7.08. The molecule has 4 N–H and O–H groups in total. The van der Waals surface area contributed by atoms with Crippen LogP contribution in [0.4, 0.5) is 0 Å². The van der Waals surface area contributed by atoms with E-state index in [9.17, 15) is 4.79 Å². The molecule has 1 aliphatic heterocycles. The van der Waals surface area contributed by atoms with Gasteiger partial charge in [-0.15, -0.1) is 0 Å². The molecule has 0 aromatic carbocycles. The number of piperidine rings is 1. The van der Waals surface area contributed by atoms with Crippen molar-refractivity contribution in [3.63, 3.8) is 0 Å². The summed E-state index contributed by atoms with van der Waals surface area (Å²) in [5.41, 5.74) is 5.54. The minimum Gasteiger partial charge on any atom is -0.469 e. The maximum Gasteiger partial charge on any atom is 0.255 e. The Hall–Kier alpha value is -2.02. The smallest absolute Gasteiger partial charge is 0.255 e. The molecule has 0 spiro atoms. The molecule has 1 fully saturated rings. The third kappa shape index (κ3) is 3.02. The fraction of sp³-hybridized carbons (Fsp3) is 0.571. The first-order chi connectivity index (χ1) is 10.0. The van der Waals surface area contributed by atoms with Crippen LogP contribution in [0.2, 0.25) is 0 Å². The molecular formula is C14H22N4O3. The second-order valence-corrected chi connectivity index (χ2v) is 5.44. The number of hydrogen-bond acceptors (Lipinski definition) is 5. The molecule has 0 saturated carbocycles. The number of aryl methyl sites for hydroxylation is 1. The lowest BCUT2D eigenvalue weighted by molar-refractivity contribution is 0.0884. The summed E-state index contributed by atoms with van der Waals surface area (Å²) in [6.45, 7) is 3.45. The molecule has 0 bridgehead atoms. The van der Waals surface area contributed by atoms with Crippen molar-refractivity contribution < 1.29 is 14.4 Å². The molecule has 21 heavy (non-hydrogen) atoms. The number of rotatable bonds is 4. The van der Waals surface area contributed by atoms with Crippen molar-refractivity contribution in [1.29, 1.82) is 0 Å². The van der Waals surface area contributed by atoms with Crippen molar-refractivity contribution >= 4 is 11.7 Å². The van der Waals surface area contributed by atoms with Crippen molar-refractivity contribution in [3.05, 3.63) is 23.7 Å². The molecule has 116 valence electrons. The van der Waals surface area contributed by atoms with E-state index in [2.05, 4.69) is 15.4 Å². The number of carbonyl (C=O) groups is 1. The number of amidine groups is 1. The third-order valence-corrected chi connectivity index (χ3v) is 4.10. The van der Waals surface area contributed by atoms with Crippen LogP contribution < -0.4 is 11.1 Å². The van der Waals surface area contributed by atoms with E-state index in [1.807, 2.05) is 14.0 Å². The number of oxime groups is 1. The summed E-state index contributed by atoms with van der Waals surface area (Å²) in [5.74, 6) is 0.428. The van der Waals surface area contributed by atoms with Gasteiger partial charge in [0.25, 0.3) is 5.91 Å². The van der Waals surface area contributed by atoms with Crippen LogP contribution in [0.1, 0.15) is 35.9 Å². The Balaban J connectivity index is 2.22. The predicted molar refractivity (Wildman–Crippen MR) is 78.4 cm³/mol. The van der Waals surface area contributed by atoms with Crippen molar-refractivity contribution in [3.8, 4) is 0 Å². The summed E-state index contributed by atoms with van der Waals surface area (Å²) < 4.78 is 5.28. The highest BCUT2D eigenvalue weighted by Crippen LogP contribution is 2.23. The number of nitrogens with two attached hydrogens (primary N) is 1. The molecule has 7 heteroatoms. The highest BCUT2D eigenvalue weighted by molar-refractivity contribution is 6.00. The van der Waals surface area contributed by atoms with Gasteiger partial charge in [0.15, 0.2) is 5.84 Å². The monoisotopic (exact) mass is 294 g/mol. The minimum atomic E-state index is -0.805. The van der Waals surface area contributed by atoms with Crippen LogP contribution in [0.25, 0.3) is 0 Å². The molecule has 1 aromatic rings. The van der Waals surface area contributed by atoms with Crippen LogP contribution in [-0.4, -0.2) is 47.5 Å². The average molecular weight is 294 g/mol. The van der Waals surface area contributed by atoms with Gasteiger partial charge in [-0.05, 0) is 26.0 Å². The van der Waals surface area contributed by atoms with Crippen LogP contribution in [0, 0.1) is 0 Å². The lowest BCUT2D eigenvalue weighted by Gasteiger charge is -2.40. The maximum absolute atomic E-state index is 12.5. The summed E-state index contributed by atoms with van der Waals surface area (Å²) in [5, 5.41) is 15.1. The first-order valence-electron chi connectivity index (χ1n) is 7.08. The molecule has 0 atom stereocenters. The number of carbonyl (C=O) groups excluding carboxylic acids is 1. The number of nitrogens with zero attached hydrogens (tertiary/aromatic N) is 2. The van der Waals surface area contributed by atoms with Crippen LogP contribution in [0.15, 0.2) is 21.9 Å². The molecule has 0 radical (unpaired) electrons. The van der Waals surface area contributed by atoms with Crippen molar-refractivity contribution in [2.24, 2.45) is 10.9 Å². The van der Waals surface area contributed by atoms with E-state index in [0.717, 1.165) is 13.1 Å². The fourth-order valence-electron chi connectivity index (χ4n) is 2.64. The fourth-order valence-corrected chi connectivity index (χ4v) is 2.64. The second-order valence-electron chi connectivity index (χ2n) is 5.44. The van der Waals surface area contributed by atoms with Gasteiger partial charge < -0.3 is 25.6 Å². The van der Waals surface area contributed by atoms with E-state index in [-0.39, 0.29) is 11.7 Å². The topological polar surface area (TPSA) is 104 Å². The number of amides is 1. The van der Waals surface area contributed by atoms with E-state index in [1.165, 1.54) is 6.26 Å². The SMILES string of the molecule is CCc1occc1C(=O)NC1(/C(N)=N/O)CCN(C)CC1. The van der Waals surface area contributed by atoms with Crippen LogP contribution in [0.5, 0.6) is 0 Å². The van der Waals surface area contributed by atoms with E-state index in [1.54, 1.807) is 6.07 Å². The van der Waals surface area contributed by atoms with E-state index >= 15 is 0 Å². The second kappa shape index (κ2) is 6.17. The number of furan rings is 1. The van der Waals surface area contributed by atoms with Gasteiger partial charge in [-0.1, -0.05) is 12.1 Å². The van der Waals surface area contributed by atoms with Gasteiger partial charge in [-0.2, -0.15) is 0 Å². The van der Waals surface area contributed by atoms with E-state index in [0.29, 0.717) is 30.6 Å². The molecule has 7 nitrogen and oxygen atoms in total. The van der Waals surface area contributed by atoms with E-state index in [4.69, 9.17) is 15.4 Å². The van der Waals surface area contributed by atoms with Crippen molar-refractivity contribution in [2.45, 2.75) is 31.7 Å². The Labute approximate surface area is 123 Å². The summed E-state index contributed by atoms with van der Waals surface area (Å²) >= 11 is 0. The van der Waals surface area contributed by atoms with Gasteiger partial charge in [0, 0.05) is 19.5 Å². The first kappa shape index (κ1) is 15.4. The van der Waals surface area contributed by atoms with Crippen molar-refractivity contribution in [2.75, 3.05) is 20.1 Å². The Morgan fingerprint density at radius 2 is 2.24 bits per heavy atom. The third-order valence-electron chi connectivity index (χ3n) is 4.10. The van der Waals surface area contributed by atoms with Gasteiger partial charge in [0.2, 0.25) is 0 Å². The van der Waals surface area contributed by atoms with Gasteiger partial charge in [-0.25, -0.2) is 0 Å². The zero-order valence-corrected chi connectivity index (χ0v) is 12.4. The van der Waals surface area contributed by atoms with Crippen LogP contribution in [0.3, 0.4) is 0 Å². The Bertz CT molecular complexity index is 530. The molecule has 1 aromatic heterocycles. The Morgan fingerprint density at radius 1 is 1.57 bits per heavy atom. The normalized spacial score (nSPS) is 19.4. The number of nitrogens with one attached hydrogen (secondary N) is 1. The molecule has 2 heterocycles. The van der Waals surface area contributed by atoms with Crippen LogP contribution in [-0.2, 0) is 6.42 Å². The lowest BCUT2D eigenvalue weighted by atomic mass is 9.86. The molecule has 0 aliphatic carbocycles. The van der Waals surface area contributed by atoms with Gasteiger partial charge >= 0.3 is 0 Å². The number of hydrogen-bond donors (Lipinski definition) is 3. The molecule has 1 saturated heterocycles. The summed E-state index contributed by atoms with van der Waals surface area (Å²) in [7, 11) is 2.00. The van der Waals surface area contributed by atoms with Gasteiger partial charge in [0.1, 0.15) is 11.3 Å². The van der Waals surface area contributed by atoms with Crippen molar-refractivity contribution in [1.82, 2.24) is 10.2 Å². The molecule has 2 rings (SSSR count). The quantitative estimate of drug-likeness (QED) is 0.329. The Morgan fingerprint density at radius 3 is 2.81 bits per heavy atom. The lowest BCUT2D eigenvalue weighted by Crippen LogP contribution is -2.62. The van der Waals surface area contributed by atoms with Crippen LogP contribution >= 0.6 is 0 Å². The average Bonchev–Trinajstić information content (AvgIpc) is 2.97. The molecule has 1 amide bonds. The minimum absolute atomic E-state index is 0.0468. The largest absolute Gasteiger partial charge is 0.469 e. The van der Waals surface area contributed by atoms with Gasteiger partial charge in [-0.3, -0.25) is 4.79 Å². The standard InChI is InChI=1S/C14H22N4O3/c1-3-11-10(4-9-21-11)12(19)16-14(13(15)17-20)5-7-18(2)8-6-14/h4,9,20H,3,5-8H2,1-2H3,(H2,15,17)(H,16,19). The zero-order chi connectivity index (χ0) is 15.5. The molecular weight excluding hydrogens is 272 g/mol. The molecule has 1 aliphatic rings. The summed E-state index contributed by atoms with van der Waals surface area (Å²) in [4.78, 5) is 14.6. The molecule has 0 unspecified atom stereocenters. The highest BCUT2D eigenvalue weighted by atomic mass is 16.4. The van der Waals surface area contributed by atoms with Gasteiger partial charge in [0.05, 0.1) is 11.8 Å². The zero-order valence-electron chi connectivity index (χ0n) is 12.4. The Kier molecular flexibility index (Phi) is 4.52. The summed E-state index contributed by atoms with van der Waals surface area (Å²) in [6.07, 6.45) is 3.34. The predicted octanol–water partition coefficient (Wildman–Crippen LogP) is 0.783. The maximum atomic E-state index is 12.5. The van der Waals surface area contributed by atoms with E-state index < -0.39 is 5.54 Å². The summed E-state index contributed by atoms with van der Waals surface area (Å²) in [6, 6.07) is 1.64. The number of likely N-dealkylation sites (tertiary alicyclic amines) is 1.